The highest BCUT2D eigenvalue weighted by Crippen LogP contribution is 2.31. The molecule has 0 spiro atoms. The third-order valence-corrected chi connectivity index (χ3v) is 4.76. The second kappa shape index (κ2) is 6.99. The molecule has 0 radical (unpaired) electrons. The summed E-state index contributed by atoms with van der Waals surface area (Å²) in [6.07, 6.45) is 10.5. The first-order valence-electron chi connectivity index (χ1n) is 8.78. The summed E-state index contributed by atoms with van der Waals surface area (Å²) in [5.74, 6) is 1.16. The fourth-order valence-corrected chi connectivity index (χ4v) is 3.47. The highest BCUT2D eigenvalue weighted by atomic mass is 15.4. The van der Waals surface area contributed by atoms with Crippen LogP contribution in [-0.2, 0) is 6.42 Å². The highest BCUT2D eigenvalue weighted by Gasteiger charge is 2.26. The van der Waals surface area contributed by atoms with E-state index in [1.165, 1.54) is 44.1 Å². The normalized spacial score (nSPS) is 13.5. The second-order valence-electron chi connectivity index (χ2n) is 6.41. The van der Waals surface area contributed by atoms with Gasteiger partial charge in [-0.05, 0) is 19.8 Å². The summed E-state index contributed by atoms with van der Waals surface area (Å²) in [6.45, 7) is 6.40. The molecule has 1 aliphatic rings. The first-order valence-corrected chi connectivity index (χ1v) is 8.78. The summed E-state index contributed by atoms with van der Waals surface area (Å²) in [6, 6.07) is 2.19. The van der Waals surface area contributed by atoms with Crippen LogP contribution >= 0.6 is 0 Å². The monoisotopic (exact) mass is 311 g/mol. The molecule has 0 N–H and O–H groups in total. The highest BCUT2D eigenvalue weighted by molar-refractivity contribution is 5.64. The van der Waals surface area contributed by atoms with Crippen molar-refractivity contribution in [3.8, 4) is 6.07 Å². The molecule has 2 aromatic heterocycles. The van der Waals surface area contributed by atoms with E-state index in [0.29, 0.717) is 11.2 Å². The summed E-state index contributed by atoms with van der Waals surface area (Å²) >= 11 is 0. The number of hydrogen-bond donors (Lipinski definition) is 0. The molecule has 23 heavy (non-hydrogen) atoms. The SMILES string of the molecule is CCCCCCCCN1CCc2c(C)nc3c(C#N)cnn3c21. The van der Waals surface area contributed by atoms with Crippen molar-refractivity contribution in [2.24, 2.45) is 0 Å². The Balaban J connectivity index is 1.75. The molecule has 122 valence electrons. The molecule has 0 unspecified atom stereocenters. The van der Waals surface area contributed by atoms with Gasteiger partial charge in [0.05, 0.1) is 6.20 Å². The molecule has 5 nitrogen and oxygen atoms in total. The molecule has 0 bridgehead atoms. The van der Waals surface area contributed by atoms with E-state index in [9.17, 15) is 5.26 Å². The van der Waals surface area contributed by atoms with E-state index < -0.39 is 0 Å². The Morgan fingerprint density at radius 3 is 2.78 bits per heavy atom. The van der Waals surface area contributed by atoms with Crippen LogP contribution in [0.4, 0.5) is 5.82 Å². The zero-order chi connectivity index (χ0) is 16.2. The lowest BCUT2D eigenvalue weighted by Crippen LogP contribution is -2.24. The predicted octanol–water partition coefficient (Wildman–Crippen LogP) is 3.63. The molecule has 0 aliphatic carbocycles. The van der Waals surface area contributed by atoms with Gasteiger partial charge in [0.2, 0.25) is 0 Å². The van der Waals surface area contributed by atoms with Crippen molar-refractivity contribution >= 4 is 11.5 Å². The molecule has 2 aromatic rings. The third-order valence-electron chi connectivity index (χ3n) is 4.76. The standard InChI is InChI=1S/C18H25N5/c1-3-4-5-6-7-8-10-22-11-9-16-14(2)21-17-15(12-19)13-20-23(17)18(16)22/h13H,3-11H2,1-2H3. The molecular formula is C18H25N5. The van der Waals surface area contributed by atoms with Crippen molar-refractivity contribution in [3.05, 3.63) is 23.0 Å². The van der Waals surface area contributed by atoms with Crippen LogP contribution in [0.3, 0.4) is 0 Å². The van der Waals surface area contributed by atoms with Gasteiger partial charge < -0.3 is 4.90 Å². The molecule has 1 aliphatic heterocycles. The van der Waals surface area contributed by atoms with Crippen molar-refractivity contribution in [3.63, 3.8) is 0 Å². The van der Waals surface area contributed by atoms with Gasteiger partial charge in [0.25, 0.3) is 0 Å². The van der Waals surface area contributed by atoms with Crippen LogP contribution in [0, 0.1) is 18.3 Å². The van der Waals surface area contributed by atoms with Crippen molar-refractivity contribution in [2.75, 3.05) is 18.0 Å². The average Bonchev–Trinajstić information content (AvgIpc) is 3.14. The Labute approximate surface area is 137 Å². The zero-order valence-corrected chi connectivity index (χ0v) is 14.2. The molecule has 0 saturated carbocycles. The van der Waals surface area contributed by atoms with Crippen LogP contribution in [0.2, 0.25) is 0 Å². The number of nitriles is 1. The number of aromatic nitrogens is 3. The maximum Gasteiger partial charge on any atom is 0.175 e. The quantitative estimate of drug-likeness (QED) is 0.733. The Hall–Kier alpha value is -2.09. The van der Waals surface area contributed by atoms with Gasteiger partial charge >= 0.3 is 0 Å². The maximum absolute atomic E-state index is 9.22. The summed E-state index contributed by atoms with van der Waals surface area (Å²) < 4.78 is 1.87. The molecule has 0 aromatic carbocycles. The van der Waals surface area contributed by atoms with E-state index in [-0.39, 0.29) is 0 Å². The van der Waals surface area contributed by atoms with Crippen LogP contribution in [0.1, 0.15) is 62.3 Å². The minimum Gasteiger partial charge on any atom is -0.356 e. The van der Waals surface area contributed by atoms with Gasteiger partial charge in [-0.1, -0.05) is 39.0 Å². The lowest BCUT2D eigenvalue weighted by atomic mass is 10.1. The van der Waals surface area contributed by atoms with E-state index in [1.54, 1.807) is 6.20 Å². The fourth-order valence-electron chi connectivity index (χ4n) is 3.47. The van der Waals surface area contributed by atoms with Gasteiger partial charge in [-0.15, -0.1) is 0 Å². The lowest BCUT2D eigenvalue weighted by molar-refractivity contribution is 0.600. The topological polar surface area (TPSA) is 57.2 Å². The number of hydrogen-bond acceptors (Lipinski definition) is 4. The van der Waals surface area contributed by atoms with Gasteiger partial charge in [0, 0.05) is 24.3 Å². The van der Waals surface area contributed by atoms with Crippen LogP contribution in [0.25, 0.3) is 5.65 Å². The number of rotatable bonds is 7. The van der Waals surface area contributed by atoms with E-state index in [4.69, 9.17) is 0 Å². The van der Waals surface area contributed by atoms with Crippen LogP contribution in [0.5, 0.6) is 0 Å². The molecule has 0 fully saturated rings. The van der Waals surface area contributed by atoms with Crippen molar-refractivity contribution < 1.29 is 0 Å². The molecule has 0 saturated heterocycles. The van der Waals surface area contributed by atoms with E-state index in [0.717, 1.165) is 31.0 Å². The Morgan fingerprint density at radius 1 is 1.22 bits per heavy atom. The van der Waals surface area contributed by atoms with E-state index >= 15 is 0 Å². The molecule has 0 atom stereocenters. The average molecular weight is 311 g/mol. The number of unbranched alkanes of at least 4 members (excludes halogenated alkanes) is 5. The van der Waals surface area contributed by atoms with Crippen molar-refractivity contribution in [1.82, 2.24) is 14.6 Å². The maximum atomic E-state index is 9.22. The molecule has 5 heteroatoms. The Bertz CT molecular complexity index is 725. The smallest absolute Gasteiger partial charge is 0.175 e. The van der Waals surface area contributed by atoms with Crippen molar-refractivity contribution in [1.29, 1.82) is 5.26 Å². The predicted molar refractivity (Wildman–Crippen MR) is 91.7 cm³/mol. The molecule has 3 heterocycles. The van der Waals surface area contributed by atoms with Gasteiger partial charge in [-0.3, -0.25) is 0 Å². The summed E-state index contributed by atoms with van der Waals surface area (Å²) in [5.41, 5.74) is 3.58. The van der Waals surface area contributed by atoms with Gasteiger partial charge in [-0.2, -0.15) is 14.9 Å². The molecular weight excluding hydrogens is 286 g/mol. The van der Waals surface area contributed by atoms with E-state index in [2.05, 4.69) is 28.0 Å². The zero-order valence-electron chi connectivity index (χ0n) is 14.2. The second-order valence-corrected chi connectivity index (χ2v) is 6.41. The van der Waals surface area contributed by atoms with Crippen molar-refractivity contribution in [2.45, 2.75) is 58.8 Å². The van der Waals surface area contributed by atoms with Crippen LogP contribution < -0.4 is 4.90 Å². The Kier molecular flexibility index (Phi) is 4.80. The first kappa shape index (κ1) is 15.8. The molecule has 0 amide bonds. The molecule has 3 rings (SSSR count). The summed E-state index contributed by atoms with van der Waals surface area (Å²) in [7, 11) is 0. The van der Waals surface area contributed by atoms with Crippen LogP contribution in [-0.4, -0.2) is 27.7 Å². The first-order chi connectivity index (χ1) is 11.3. The summed E-state index contributed by atoms with van der Waals surface area (Å²) in [4.78, 5) is 7.02. The lowest BCUT2D eigenvalue weighted by Gasteiger charge is -2.20. The number of anilines is 1. The minimum atomic E-state index is 0.558. The fraction of sp³-hybridized carbons (Fsp3) is 0.611. The number of nitrogens with zero attached hydrogens (tertiary/aromatic N) is 5. The van der Waals surface area contributed by atoms with Gasteiger partial charge in [-0.25, -0.2) is 4.98 Å². The minimum absolute atomic E-state index is 0.558. The van der Waals surface area contributed by atoms with Gasteiger partial charge in [0.15, 0.2) is 5.65 Å². The Morgan fingerprint density at radius 2 is 2.00 bits per heavy atom. The van der Waals surface area contributed by atoms with E-state index in [1.807, 2.05) is 11.4 Å². The van der Waals surface area contributed by atoms with Gasteiger partial charge in [0.1, 0.15) is 17.5 Å². The summed E-state index contributed by atoms with van der Waals surface area (Å²) in [5, 5.41) is 13.6. The number of fused-ring (bicyclic) bond motifs is 3. The largest absolute Gasteiger partial charge is 0.356 e. The number of aryl methyl sites for hydroxylation is 1. The van der Waals surface area contributed by atoms with Crippen LogP contribution in [0.15, 0.2) is 6.20 Å². The third kappa shape index (κ3) is 3.03.